The Bertz CT molecular complexity index is 1800. The SMILES string of the molecule is CC1(C)CC(O)CC(C)(C)C1.COC1C(I)C(C)(C)CC(C)(CO)C1I.COC1C(O)C(C)(C)CC(C)(CO)C1O.COC1C(O)C(C)(C)CC2(C)COC(c3ccccc3)OC12.COC1CC(C)(C)CC(C)(C)C1. The van der Waals surface area contributed by atoms with E-state index in [1.54, 1.807) is 14.2 Å². The highest BCUT2D eigenvalue weighted by atomic mass is 127. The molecule has 0 spiro atoms. The zero-order valence-corrected chi connectivity index (χ0v) is 55.0. The van der Waals surface area contributed by atoms with Gasteiger partial charge in [0.15, 0.2) is 6.29 Å². The van der Waals surface area contributed by atoms with Crippen molar-refractivity contribution in [1.82, 2.24) is 0 Å². The molecule has 0 radical (unpaired) electrons. The summed E-state index contributed by atoms with van der Waals surface area (Å²) in [5.74, 6) is 0. The van der Waals surface area contributed by atoms with Crippen LogP contribution in [0.1, 0.15) is 187 Å². The molecule has 5 aliphatic carbocycles. The predicted molar refractivity (Wildman–Crippen MR) is 319 cm³/mol. The van der Waals surface area contributed by atoms with E-state index < -0.39 is 36.1 Å². The van der Waals surface area contributed by atoms with Crippen LogP contribution in [0, 0.1) is 54.1 Å². The summed E-state index contributed by atoms with van der Waals surface area (Å²) in [6.45, 7) is 37.8. The Morgan fingerprint density at radius 3 is 1.35 bits per heavy atom. The highest BCUT2D eigenvalue weighted by Gasteiger charge is 2.58. The first-order valence-corrected chi connectivity index (χ1v) is 30.2. The van der Waals surface area contributed by atoms with E-state index in [0.717, 1.165) is 31.2 Å². The number of fused-ring (bicyclic) bond motifs is 1. The first kappa shape index (κ1) is 69.5. The molecule has 0 amide bonds. The first-order valence-electron chi connectivity index (χ1n) is 27.7. The van der Waals surface area contributed by atoms with Crippen molar-refractivity contribution in [2.75, 3.05) is 48.3 Å². The number of hydrogen-bond donors (Lipinski definition) is 6. The lowest BCUT2D eigenvalue weighted by Gasteiger charge is -2.56. The molecule has 6 fully saturated rings. The molecule has 6 N–H and O–H groups in total. The second kappa shape index (κ2) is 26.6. The van der Waals surface area contributed by atoms with E-state index in [9.17, 15) is 30.6 Å². The highest BCUT2D eigenvalue weighted by Crippen LogP contribution is 2.55. The molecule has 7 rings (SSSR count). The van der Waals surface area contributed by atoms with Crippen LogP contribution < -0.4 is 0 Å². The molecular formula is C61H110I2O12. The van der Waals surface area contributed by atoms with Gasteiger partial charge in [-0.2, -0.15) is 0 Å². The van der Waals surface area contributed by atoms with Crippen molar-refractivity contribution in [2.24, 2.45) is 54.1 Å². The van der Waals surface area contributed by atoms with Crippen molar-refractivity contribution < 1.29 is 59.1 Å². The quantitative estimate of drug-likeness (QED) is 0.113. The number of alkyl halides is 2. The Kier molecular flexibility index (Phi) is 24.7. The lowest BCUT2D eigenvalue weighted by Crippen LogP contribution is -2.63. The summed E-state index contributed by atoms with van der Waals surface area (Å²) in [6.07, 6.45) is 6.36. The van der Waals surface area contributed by atoms with Crippen molar-refractivity contribution in [1.29, 1.82) is 0 Å². The van der Waals surface area contributed by atoms with Crippen LogP contribution in [-0.4, -0.2) is 142 Å². The van der Waals surface area contributed by atoms with Gasteiger partial charge in [-0.1, -0.05) is 193 Å². The molecular weight excluding hydrogens is 1180 g/mol. The van der Waals surface area contributed by atoms with Gasteiger partial charge in [0, 0.05) is 64.7 Å². The van der Waals surface area contributed by atoms with Gasteiger partial charge < -0.3 is 59.1 Å². The number of aliphatic hydroxyl groups is 6. The number of benzene rings is 1. The van der Waals surface area contributed by atoms with Crippen molar-refractivity contribution in [3.63, 3.8) is 0 Å². The molecule has 1 aromatic carbocycles. The van der Waals surface area contributed by atoms with Crippen LogP contribution in [0.25, 0.3) is 0 Å². The molecule has 0 aromatic heterocycles. The number of aliphatic hydroxyl groups excluding tert-OH is 6. The Labute approximate surface area is 483 Å². The summed E-state index contributed by atoms with van der Waals surface area (Å²) in [6, 6.07) is 9.92. The third kappa shape index (κ3) is 18.1. The van der Waals surface area contributed by atoms with Crippen LogP contribution in [0.3, 0.4) is 0 Å². The average molecular weight is 1290 g/mol. The number of methoxy groups -OCH3 is 4. The van der Waals surface area contributed by atoms with E-state index in [4.69, 9.17) is 28.4 Å². The normalized spacial score (nSPS) is 39.2. The summed E-state index contributed by atoms with van der Waals surface area (Å²) in [5.41, 5.74) is 1.44. The summed E-state index contributed by atoms with van der Waals surface area (Å²) < 4.78 is 35.0. The summed E-state index contributed by atoms with van der Waals surface area (Å²) in [7, 11) is 6.73. The van der Waals surface area contributed by atoms with Gasteiger partial charge in [-0.05, 0) is 95.7 Å². The molecule has 1 aromatic rings. The zero-order valence-electron chi connectivity index (χ0n) is 50.7. The van der Waals surface area contributed by atoms with Crippen molar-refractivity contribution in [3.05, 3.63) is 35.9 Å². The Morgan fingerprint density at radius 1 is 0.493 bits per heavy atom. The topological polar surface area (TPSA) is 177 Å². The zero-order chi connectivity index (χ0) is 57.8. The fraction of sp³-hybridized carbons (Fsp3) is 0.902. The van der Waals surface area contributed by atoms with Gasteiger partial charge in [0.1, 0.15) is 12.2 Å². The molecule has 0 bridgehead atoms. The smallest absolute Gasteiger partial charge is 0.184 e. The molecule has 440 valence electrons. The standard InChI is InChI=1S/C18H26O4.C11H20I2O2.C11H22O4.C11H22O.C10H20O/c1-17(2)10-18(3)11-21-16(12-8-6-5-7-9-12)22-15(18)13(20-4)14(17)19;1-10(2)5-11(3,6-14)9(13)7(15-4)8(10)12;1-10(2)5-11(3,6-12)9(14)7(15-4)8(10)13;1-10(2)6-9(12-5)7-11(3,4)8-10;1-9(2)5-8(11)6-10(3,4)7-9/h5-9,13-16,19H,10-11H2,1-4H3;7-9,14H,5-6H2,1-4H3;7-9,12-14H,5-6H2,1-4H3;9H,6-8H2,1-5H3;8,11H,5-7H2,1-4H3. The predicted octanol–water partition coefficient (Wildman–Crippen LogP) is 11.9. The lowest BCUT2D eigenvalue weighted by atomic mass is 9.60. The van der Waals surface area contributed by atoms with Crippen LogP contribution in [0.4, 0.5) is 0 Å². The minimum Gasteiger partial charge on any atom is -0.396 e. The fourth-order valence-corrected chi connectivity index (χ4v) is 17.9. The largest absolute Gasteiger partial charge is 0.396 e. The van der Waals surface area contributed by atoms with E-state index in [1.807, 2.05) is 58.2 Å². The molecule has 12 nitrogen and oxygen atoms in total. The van der Waals surface area contributed by atoms with Gasteiger partial charge in [-0.25, -0.2) is 0 Å². The molecule has 1 heterocycles. The summed E-state index contributed by atoms with van der Waals surface area (Å²) in [5, 5.41) is 59.3. The van der Waals surface area contributed by atoms with Crippen LogP contribution in [0.5, 0.6) is 0 Å². The van der Waals surface area contributed by atoms with Crippen LogP contribution in [0.15, 0.2) is 30.3 Å². The number of hydrogen-bond acceptors (Lipinski definition) is 12. The van der Waals surface area contributed by atoms with Gasteiger partial charge in [-0.3, -0.25) is 0 Å². The van der Waals surface area contributed by atoms with Gasteiger partial charge in [-0.15, -0.1) is 0 Å². The maximum absolute atomic E-state index is 10.7. The van der Waals surface area contributed by atoms with E-state index in [-0.39, 0.29) is 64.7 Å². The van der Waals surface area contributed by atoms with Gasteiger partial charge in [0.25, 0.3) is 0 Å². The van der Waals surface area contributed by atoms with E-state index >= 15 is 0 Å². The van der Waals surface area contributed by atoms with Crippen LogP contribution >= 0.6 is 45.2 Å². The second-order valence-corrected chi connectivity index (χ2v) is 32.6. The first-order chi connectivity index (χ1) is 34.1. The lowest BCUT2D eigenvalue weighted by molar-refractivity contribution is -0.325. The van der Waals surface area contributed by atoms with Gasteiger partial charge in [0.05, 0.1) is 55.9 Å². The van der Waals surface area contributed by atoms with Gasteiger partial charge >= 0.3 is 0 Å². The second-order valence-electron chi connectivity index (χ2n) is 30.0. The molecule has 5 saturated carbocycles. The molecule has 6 aliphatic rings. The van der Waals surface area contributed by atoms with Gasteiger partial charge in [0.2, 0.25) is 0 Å². The third-order valence-corrected chi connectivity index (χ3v) is 22.2. The van der Waals surface area contributed by atoms with Crippen molar-refractivity contribution in [2.45, 2.75) is 245 Å². The number of halogens is 2. The van der Waals surface area contributed by atoms with E-state index in [2.05, 4.69) is 142 Å². The Balaban J connectivity index is 0.000000253. The van der Waals surface area contributed by atoms with Crippen LogP contribution in [0.2, 0.25) is 0 Å². The molecule has 1 aliphatic heterocycles. The minimum atomic E-state index is -0.837. The molecule has 1 saturated heterocycles. The molecule has 13 unspecified atom stereocenters. The maximum atomic E-state index is 10.7. The monoisotopic (exact) mass is 1290 g/mol. The Hall–Kier alpha value is 0.200. The minimum absolute atomic E-state index is 0.0214. The van der Waals surface area contributed by atoms with E-state index in [1.165, 1.54) is 32.8 Å². The van der Waals surface area contributed by atoms with E-state index in [0.29, 0.717) is 48.6 Å². The molecule has 14 heteroatoms. The fourth-order valence-electron chi connectivity index (χ4n) is 15.1. The summed E-state index contributed by atoms with van der Waals surface area (Å²) in [4.78, 5) is 0. The van der Waals surface area contributed by atoms with Crippen molar-refractivity contribution in [3.8, 4) is 0 Å². The van der Waals surface area contributed by atoms with Crippen molar-refractivity contribution >= 4 is 45.2 Å². The third-order valence-electron chi connectivity index (χ3n) is 17.6. The molecule has 13 atom stereocenters. The van der Waals surface area contributed by atoms with Crippen LogP contribution in [-0.2, 0) is 28.4 Å². The molecule has 75 heavy (non-hydrogen) atoms. The summed E-state index contributed by atoms with van der Waals surface area (Å²) >= 11 is 4.94. The Morgan fingerprint density at radius 2 is 0.920 bits per heavy atom. The average Bonchev–Trinajstić information content (AvgIpc) is 3.27. The number of rotatable bonds is 7. The highest BCUT2D eigenvalue weighted by molar-refractivity contribution is 14.1. The maximum Gasteiger partial charge on any atom is 0.184 e. The number of ether oxygens (including phenoxy) is 6.